The van der Waals surface area contributed by atoms with Crippen molar-refractivity contribution in [2.24, 2.45) is 0 Å². The van der Waals surface area contributed by atoms with Crippen molar-refractivity contribution in [2.45, 2.75) is 38.5 Å². The van der Waals surface area contributed by atoms with Gasteiger partial charge in [-0.05, 0) is 32.1 Å². The van der Waals surface area contributed by atoms with Crippen LogP contribution < -0.4 is 0 Å². The first kappa shape index (κ1) is 16.4. The summed E-state index contributed by atoms with van der Waals surface area (Å²) in [5.74, 6) is 0.0509. The maximum atomic E-state index is 11.8. The van der Waals surface area contributed by atoms with E-state index in [4.69, 9.17) is 15.3 Å². The molecule has 0 aliphatic rings. The van der Waals surface area contributed by atoms with Crippen molar-refractivity contribution in [2.75, 3.05) is 32.9 Å². The normalized spacial score (nSPS) is 10.5. The van der Waals surface area contributed by atoms with Crippen molar-refractivity contribution in [1.29, 1.82) is 0 Å². The summed E-state index contributed by atoms with van der Waals surface area (Å²) in [5, 5.41) is 26.1. The van der Waals surface area contributed by atoms with Crippen LogP contribution in [-0.2, 0) is 4.79 Å². The van der Waals surface area contributed by atoms with Gasteiger partial charge in [0, 0.05) is 39.3 Å². The number of aliphatic hydroxyl groups is 3. The molecule has 0 fully saturated rings. The molecule has 0 aliphatic carbocycles. The van der Waals surface area contributed by atoms with Crippen molar-refractivity contribution in [3.63, 3.8) is 0 Å². The van der Waals surface area contributed by atoms with Gasteiger partial charge in [0.05, 0.1) is 0 Å². The fraction of sp³-hybridized carbons (Fsp3) is 0.917. The SMILES string of the molecule is O=C(CCCO)N(CCCCO)CCCCO. The van der Waals surface area contributed by atoms with Gasteiger partial charge < -0.3 is 20.2 Å². The van der Waals surface area contributed by atoms with E-state index in [2.05, 4.69) is 0 Å². The van der Waals surface area contributed by atoms with Crippen LogP contribution in [0, 0.1) is 0 Å². The van der Waals surface area contributed by atoms with Crippen LogP contribution in [0.2, 0.25) is 0 Å². The Balaban J connectivity index is 3.94. The summed E-state index contributed by atoms with van der Waals surface area (Å²) in [4.78, 5) is 13.5. The lowest BCUT2D eigenvalue weighted by Gasteiger charge is -2.22. The number of amides is 1. The topological polar surface area (TPSA) is 81.0 Å². The van der Waals surface area contributed by atoms with Crippen LogP contribution in [0.3, 0.4) is 0 Å². The Morgan fingerprint density at radius 1 is 0.765 bits per heavy atom. The number of hydrogen-bond acceptors (Lipinski definition) is 4. The zero-order valence-corrected chi connectivity index (χ0v) is 10.5. The van der Waals surface area contributed by atoms with Crippen LogP contribution in [-0.4, -0.2) is 59.0 Å². The lowest BCUT2D eigenvalue weighted by molar-refractivity contribution is -0.131. The molecule has 0 atom stereocenters. The minimum Gasteiger partial charge on any atom is -0.396 e. The van der Waals surface area contributed by atoms with E-state index < -0.39 is 0 Å². The predicted molar refractivity (Wildman–Crippen MR) is 65.5 cm³/mol. The van der Waals surface area contributed by atoms with Gasteiger partial charge in [0.2, 0.25) is 5.91 Å². The predicted octanol–water partition coefficient (Wildman–Crippen LogP) is 0.132. The molecule has 0 heterocycles. The molecule has 0 bridgehead atoms. The van der Waals surface area contributed by atoms with Gasteiger partial charge in [0.15, 0.2) is 0 Å². The lowest BCUT2D eigenvalue weighted by Crippen LogP contribution is -2.33. The molecule has 0 aromatic carbocycles. The molecular formula is C12H25NO4. The number of carbonyl (C=O) groups is 1. The second-order valence-corrected chi connectivity index (χ2v) is 4.07. The van der Waals surface area contributed by atoms with E-state index in [9.17, 15) is 4.79 Å². The molecule has 0 aliphatic heterocycles. The highest BCUT2D eigenvalue weighted by atomic mass is 16.3. The van der Waals surface area contributed by atoms with Gasteiger partial charge in [-0.25, -0.2) is 0 Å². The second kappa shape index (κ2) is 11.8. The molecule has 0 unspecified atom stereocenters. The van der Waals surface area contributed by atoms with E-state index in [0.29, 0.717) is 38.8 Å². The van der Waals surface area contributed by atoms with E-state index in [1.54, 1.807) is 4.90 Å². The molecule has 5 heteroatoms. The highest BCUT2D eigenvalue weighted by Gasteiger charge is 2.11. The van der Waals surface area contributed by atoms with E-state index in [0.717, 1.165) is 12.8 Å². The molecule has 0 saturated carbocycles. The molecule has 0 radical (unpaired) electrons. The Labute approximate surface area is 103 Å². The molecule has 3 N–H and O–H groups in total. The fourth-order valence-corrected chi connectivity index (χ4v) is 1.58. The van der Waals surface area contributed by atoms with E-state index in [1.807, 2.05) is 0 Å². The van der Waals surface area contributed by atoms with Crippen LogP contribution in [0.15, 0.2) is 0 Å². The van der Waals surface area contributed by atoms with Crippen molar-refractivity contribution in [3.05, 3.63) is 0 Å². The zero-order chi connectivity index (χ0) is 12.9. The number of hydrogen-bond donors (Lipinski definition) is 3. The summed E-state index contributed by atoms with van der Waals surface area (Å²) in [5.41, 5.74) is 0. The standard InChI is InChI=1S/C12H25NO4/c14-9-3-1-7-13(8-2-4-10-15)12(17)6-5-11-16/h14-16H,1-11H2. The summed E-state index contributed by atoms with van der Waals surface area (Å²) < 4.78 is 0. The van der Waals surface area contributed by atoms with Gasteiger partial charge >= 0.3 is 0 Å². The number of rotatable bonds is 11. The van der Waals surface area contributed by atoms with Crippen molar-refractivity contribution < 1.29 is 20.1 Å². The van der Waals surface area contributed by atoms with Crippen molar-refractivity contribution in [1.82, 2.24) is 4.90 Å². The Bertz CT molecular complexity index is 177. The summed E-state index contributed by atoms with van der Waals surface area (Å²) in [7, 11) is 0. The highest BCUT2D eigenvalue weighted by molar-refractivity contribution is 5.76. The molecule has 1 amide bonds. The molecule has 0 aromatic rings. The van der Waals surface area contributed by atoms with E-state index in [-0.39, 0.29) is 25.7 Å². The summed E-state index contributed by atoms with van der Waals surface area (Å²) >= 11 is 0. The Kier molecular flexibility index (Phi) is 11.4. The first-order valence-electron chi connectivity index (χ1n) is 6.36. The third-order valence-corrected chi connectivity index (χ3v) is 2.57. The number of unbranched alkanes of at least 4 members (excludes halogenated alkanes) is 2. The maximum absolute atomic E-state index is 11.8. The summed E-state index contributed by atoms with van der Waals surface area (Å²) in [6.45, 7) is 1.63. The molecular weight excluding hydrogens is 222 g/mol. The largest absolute Gasteiger partial charge is 0.396 e. The minimum absolute atomic E-state index is 0.0346. The summed E-state index contributed by atoms with van der Waals surface area (Å²) in [6.07, 6.45) is 3.85. The fourth-order valence-electron chi connectivity index (χ4n) is 1.58. The second-order valence-electron chi connectivity index (χ2n) is 4.07. The minimum atomic E-state index is 0.0346. The van der Waals surface area contributed by atoms with Gasteiger partial charge in [0.25, 0.3) is 0 Å². The van der Waals surface area contributed by atoms with Crippen molar-refractivity contribution in [3.8, 4) is 0 Å². The number of nitrogens with zero attached hydrogens (tertiary/aromatic N) is 1. The number of aliphatic hydroxyl groups excluding tert-OH is 3. The van der Waals surface area contributed by atoms with Crippen LogP contribution >= 0.6 is 0 Å². The average molecular weight is 247 g/mol. The molecule has 0 rings (SSSR count). The van der Waals surface area contributed by atoms with Gasteiger partial charge in [-0.1, -0.05) is 0 Å². The quantitative estimate of drug-likeness (QED) is 0.453. The molecule has 17 heavy (non-hydrogen) atoms. The molecule has 5 nitrogen and oxygen atoms in total. The van der Waals surface area contributed by atoms with Crippen LogP contribution in [0.25, 0.3) is 0 Å². The van der Waals surface area contributed by atoms with Gasteiger partial charge in [-0.15, -0.1) is 0 Å². The Morgan fingerprint density at radius 3 is 1.65 bits per heavy atom. The zero-order valence-electron chi connectivity index (χ0n) is 10.5. The molecule has 0 aromatic heterocycles. The van der Waals surface area contributed by atoms with Gasteiger partial charge in [-0.3, -0.25) is 4.79 Å². The molecule has 0 saturated heterocycles. The van der Waals surface area contributed by atoms with Gasteiger partial charge in [-0.2, -0.15) is 0 Å². The Hall–Kier alpha value is -0.650. The van der Waals surface area contributed by atoms with Gasteiger partial charge in [0.1, 0.15) is 0 Å². The van der Waals surface area contributed by atoms with Crippen LogP contribution in [0.5, 0.6) is 0 Å². The van der Waals surface area contributed by atoms with E-state index in [1.165, 1.54) is 0 Å². The summed E-state index contributed by atoms with van der Waals surface area (Å²) in [6, 6.07) is 0. The third kappa shape index (κ3) is 9.09. The first-order valence-corrected chi connectivity index (χ1v) is 6.36. The maximum Gasteiger partial charge on any atom is 0.222 e. The van der Waals surface area contributed by atoms with E-state index >= 15 is 0 Å². The first-order chi connectivity index (χ1) is 8.26. The Morgan fingerprint density at radius 2 is 1.24 bits per heavy atom. The van der Waals surface area contributed by atoms with Crippen LogP contribution in [0.1, 0.15) is 38.5 Å². The molecule has 0 spiro atoms. The smallest absolute Gasteiger partial charge is 0.222 e. The third-order valence-electron chi connectivity index (χ3n) is 2.57. The molecule has 102 valence electrons. The van der Waals surface area contributed by atoms with Crippen LogP contribution in [0.4, 0.5) is 0 Å². The van der Waals surface area contributed by atoms with Crippen molar-refractivity contribution >= 4 is 5.91 Å². The monoisotopic (exact) mass is 247 g/mol. The number of carbonyl (C=O) groups excluding carboxylic acids is 1. The average Bonchev–Trinajstić information content (AvgIpc) is 2.34. The lowest BCUT2D eigenvalue weighted by atomic mass is 10.2. The highest BCUT2D eigenvalue weighted by Crippen LogP contribution is 2.03.